The molecule has 112 valence electrons. The highest BCUT2D eigenvalue weighted by atomic mass is 17.2. The number of anilines is 1. The lowest BCUT2D eigenvalue weighted by Crippen LogP contribution is -2.51. The van der Waals surface area contributed by atoms with Gasteiger partial charge < -0.3 is 4.90 Å². The predicted molar refractivity (Wildman–Crippen MR) is 84.2 cm³/mol. The molecule has 2 aliphatic heterocycles. The average Bonchev–Trinajstić information content (AvgIpc) is 3.20. The number of benzene rings is 2. The van der Waals surface area contributed by atoms with Crippen LogP contribution in [0.3, 0.4) is 0 Å². The molecule has 0 N–H and O–H groups in total. The van der Waals surface area contributed by atoms with Gasteiger partial charge in [-0.15, -0.1) is 0 Å². The van der Waals surface area contributed by atoms with Crippen LogP contribution < -0.4 is 4.90 Å². The smallest absolute Gasteiger partial charge is 0.193 e. The first-order valence-corrected chi connectivity index (χ1v) is 8.15. The van der Waals surface area contributed by atoms with Gasteiger partial charge in [0.1, 0.15) is 0 Å². The minimum atomic E-state index is -0.130. The zero-order valence-electron chi connectivity index (χ0n) is 12.4. The summed E-state index contributed by atoms with van der Waals surface area (Å²) in [6.45, 7) is 0. The van der Waals surface area contributed by atoms with E-state index < -0.39 is 0 Å². The van der Waals surface area contributed by atoms with E-state index in [4.69, 9.17) is 9.78 Å². The highest BCUT2D eigenvalue weighted by molar-refractivity contribution is 5.56. The van der Waals surface area contributed by atoms with Gasteiger partial charge in [-0.25, -0.2) is 9.78 Å². The topological polar surface area (TPSA) is 21.7 Å². The molecule has 2 aromatic carbocycles. The molecule has 2 aromatic rings. The van der Waals surface area contributed by atoms with Gasteiger partial charge in [-0.05, 0) is 30.5 Å². The number of hydrogen-bond acceptors (Lipinski definition) is 3. The van der Waals surface area contributed by atoms with Crippen molar-refractivity contribution < 1.29 is 9.78 Å². The highest BCUT2D eigenvalue weighted by Gasteiger charge is 2.58. The molecule has 3 nitrogen and oxygen atoms in total. The van der Waals surface area contributed by atoms with Gasteiger partial charge in [-0.2, -0.15) is 0 Å². The quantitative estimate of drug-likeness (QED) is 0.731. The molecule has 2 unspecified atom stereocenters. The maximum absolute atomic E-state index is 5.89. The Morgan fingerprint density at radius 3 is 2.41 bits per heavy atom. The van der Waals surface area contributed by atoms with Crippen molar-refractivity contribution >= 4 is 5.69 Å². The van der Waals surface area contributed by atoms with E-state index in [1.807, 2.05) is 0 Å². The monoisotopic (exact) mass is 293 g/mol. The number of para-hydroxylation sites is 1. The molecule has 0 amide bonds. The van der Waals surface area contributed by atoms with Crippen molar-refractivity contribution in [3.63, 3.8) is 0 Å². The van der Waals surface area contributed by atoms with Crippen molar-refractivity contribution in [1.29, 1.82) is 0 Å². The van der Waals surface area contributed by atoms with Gasteiger partial charge in [0.25, 0.3) is 0 Å². The largest absolute Gasteiger partial charge is 0.310 e. The summed E-state index contributed by atoms with van der Waals surface area (Å²) < 4.78 is 0. The predicted octanol–water partition coefficient (Wildman–Crippen LogP) is 4.31. The van der Waals surface area contributed by atoms with Crippen LogP contribution in [0.25, 0.3) is 0 Å². The zero-order valence-corrected chi connectivity index (χ0v) is 12.4. The third-order valence-corrected chi connectivity index (χ3v) is 5.53. The molecule has 1 spiro atoms. The summed E-state index contributed by atoms with van der Waals surface area (Å²) >= 11 is 0. The Morgan fingerprint density at radius 2 is 1.59 bits per heavy atom. The van der Waals surface area contributed by atoms with Crippen LogP contribution >= 0.6 is 0 Å². The van der Waals surface area contributed by atoms with Crippen LogP contribution in [0.4, 0.5) is 5.69 Å². The zero-order chi connectivity index (χ0) is 14.6. The Morgan fingerprint density at radius 1 is 0.864 bits per heavy atom. The fraction of sp³-hybridized carbons (Fsp3) is 0.368. The fourth-order valence-electron chi connectivity index (χ4n) is 4.57. The standard InChI is InChI=1S/C19H19NO2/c1-2-8-14(9-3-1)20-17-15-10-4-5-11-16(15)19(12-6-7-13-19)18(20)22-21-17/h1-5,8-11,17-18H,6-7,12-13H2. The van der Waals surface area contributed by atoms with Gasteiger partial charge >= 0.3 is 0 Å². The van der Waals surface area contributed by atoms with Crippen LogP contribution in [0.2, 0.25) is 0 Å². The number of fused-ring (bicyclic) bond motifs is 6. The second-order valence-corrected chi connectivity index (χ2v) is 6.59. The van der Waals surface area contributed by atoms with E-state index in [0.29, 0.717) is 0 Å². The molecule has 2 heterocycles. The van der Waals surface area contributed by atoms with E-state index in [2.05, 4.69) is 59.5 Å². The van der Waals surface area contributed by atoms with E-state index in [1.54, 1.807) is 0 Å². The Balaban J connectivity index is 1.72. The highest BCUT2D eigenvalue weighted by Crippen LogP contribution is 2.57. The van der Waals surface area contributed by atoms with E-state index in [-0.39, 0.29) is 17.9 Å². The average molecular weight is 293 g/mol. The lowest BCUT2D eigenvalue weighted by Gasteiger charge is -2.45. The Bertz CT molecular complexity index is 694. The molecule has 1 saturated heterocycles. The second kappa shape index (κ2) is 4.58. The minimum absolute atomic E-state index is 0.0164. The summed E-state index contributed by atoms with van der Waals surface area (Å²) in [5.74, 6) is 0. The molecule has 2 fully saturated rings. The van der Waals surface area contributed by atoms with Gasteiger partial charge in [0.2, 0.25) is 0 Å². The third kappa shape index (κ3) is 1.53. The Labute approximate surface area is 130 Å². The van der Waals surface area contributed by atoms with Crippen molar-refractivity contribution in [2.24, 2.45) is 0 Å². The van der Waals surface area contributed by atoms with Crippen LogP contribution in [0, 0.1) is 0 Å². The van der Waals surface area contributed by atoms with Crippen LogP contribution in [0.1, 0.15) is 43.0 Å². The summed E-state index contributed by atoms with van der Waals surface area (Å²) in [6.07, 6.45) is 4.73. The van der Waals surface area contributed by atoms with E-state index in [0.717, 1.165) is 0 Å². The van der Waals surface area contributed by atoms with E-state index >= 15 is 0 Å². The summed E-state index contributed by atoms with van der Waals surface area (Å²) in [5, 5.41) is 0. The molecule has 3 aliphatic rings. The van der Waals surface area contributed by atoms with Crippen LogP contribution in [-0.2, 0) is 15.2 Å². The summed E-state index contributed by atoms with van der Waals surface area (Å²) in [7, 11) is 0. The normalized spacial score (nSPS) is 28.1. The maximum Gasteiger partial charge on any atom is 0.193 e. The molecule has 0 aromatic heterocycles. The molecule has 1 aliphatic carbocycles. The summed E-state index contributed by atoms with van der Waals surface area (Å²) in [6, 6.07) is 19.2. The van der Waals surface area contributed by atoms with Crippen molar-refractivity contribution in [3.05, 3.63) is 65.7 Å². The SMILES string of the molecule is c1ccc(N2C3OOC2C2(CCCC2)c2ccccc23)cc1. The van der Waals surface area contributed by atoms with Gasteiger partial charge in [0.15, 0.2) is 12.5 Å². The van der Waals surface area contributed by atoms with Crippen LogP contribution in [0.5, 0.6) is 0 Å². The van der Waals surface area contributed by atoms with Crippen molar-refractivity contribution in [1.82, 2.24) is 0 Å². The minimum Gasteiger partial charge on any atom is -0.310 e. The number of nitrogens with zero attached hydrogens (tertiary/aromatic N) is 1. The molecular formula is C19H19NO2. The Hall–Kier alpha value is -1.84. The van der Waals surface area contributed by atoms with Crippen molar-refractivity contribution in [2.45, 2.75) is 43.6 Å². The first-order valence-electron chi connectivity index (χ1n) is 8.15. The summed E-state index contributed by atoms with van der Waals surface area (Å²) in [4.78, 5) is 14.0. The Kier molecular flexibility index (Phi) is 2.64. The maximum atomic E-state index is 5.89. The molecule has 3 heteroatoms. The van der Waals surface area contributed by atoms with E-state index in [1.165, 1.54) is 42.5 Å². The number of rotatable bonds is 1. The second-order valence-electron chi connectivity index (χ2n) is 6.59. The molecule has 22 heavy (non-hydrogen) atoms. The third-order valence-electron chi connectivity index (χ3n) is 5.53. The van der Waals surface area contributed by atoms with Gasteiger partial charge in [-0.1, -0.05) is 55.3 Å². The molecule has 0 radical (unpaired) electrons. The molecule has 2 bridgehead atoms. The molecule has 1 saturated carbocycles. The van der Waals surface area contributed by atoms with Gasteiger partial charge in [-0.3, -0.25) is 0 Å². The molecule has 2 atom stereocenters. The van der Waals surface area contributed by atoms with Gasteiger partial charge in [0.05, 0.1) is 0 Å². The first kappa shape index (κ1) is 12.7. The lowest BCUT2D eigenvalue weighted by atomic mass is 9.71. The summed E-state index contributed by atoms with van der Waals surface area (Å²) in [5.41, 5.74) is 3.95. The van der Waals surface area contributed by atoms with Gasteiger partial charge in [0, 0.05) is 16.7 Å². The van der Waals surface area contributed by atoms with Crippen LogP contribution in [-0.4, -0.2) is 6.23 Å². The molecular weight excluding hydrogens is 274 g/mol. The lowest BCUT2D eigenvalue weighted by molar-refractivity contribution is -0.303. The van der Waals surface area contributed by atoms with Crippen molar-refractivity contribution in [2.75, 3.05) is 4.90 Å². The van der Waals surface area contributed by atoms with E-state index in [9.17, 15) is 0 Å². The first-order chi connectivity index (χ1) is 10.9. The fourth-order valence-corrected chi connectivity index (χ4v) is 4.57. The van der Waals surface area contributed by atoms with Crippen molar-refractivity contribution in [3.8, 4) is 0 Å². The molecule has 5 rings (SSSR count). The van der Waals surface area contributed by atoms with Crippen LogP contribution in [0.15, 0.2) is 54.6 Å². The number of hydrogen-bond donors (Lipinski definition) is 0.